The summed E-state index contributed by atoms with van der Waals surface area (Å²) in [6, 6.07) is 6.20. The van der Waals surface area contributed by atoms with E-state index in [0.29, 0.717) is 0 Å². The fourth-order valence-electron chi connectivity index (χ4n) is 1.92. The highest BCUT2D eigenvalue weighted by molar-refractivity contribution is 7.96. The van der Waals surface area contributed by atoms with Gasteiger partial charge in [-0.25, -0.2) is 0 Å². The van der Waals surface area contributed by atoms with Crippen LogP contribution in [-0.2, 0) is 6.42 Å². The predicted molar refractivity (Wildman–Crippen MR) is 61.2 cm³/mol. The zero-order valence-corrected chi connectivity index (χ0v) is 9.05. The summed E-state index contributed by atoms with van der Waals surface area (Å²) in [6.45, 7) is 2.86. The molecule has 0 spiro atoms. The third kappa shape index (κ3) is 1.64. The number of nitrogens with zero attached hydrogens (tertiary/aromatic N) is 1. The van der Waals surface area contributed by atoms with E-state index in [0.717, 1.165) is 25.1 Å². The minimum Gasteiger partial charge on any atom is -0.303 e. The molecule has 14 heavy (non-hydrogen) atoms. The van der Waals surface area contributed by atoms with Crippen LogP contribution in [0.15, 0.2) is 18.2 Å². The van der Waals surface area contributed by atoms with Crippen molar-refractivity contribution in [2.45, 2.75) is 19.8 Å². The average Bonchev–Trinajstić information content (AvgIpc) is 2.16. The molecule has 0 N–H and O–H groups in total. The maximum atomic E-state index is 11.2. The maximum absolute atomic E-state index is 11.2. The van der Waals surface area contributed by atoms with Crippen LogP contribution in [0.5, 0.6) is 0 Å². The number of thiol groups is 1. The standard InChI is InChI=1S/C11H13NOS/c1-8-4-5-10-9(7-8)3-2-6-12(10)11(13)14/h4-5,7H,2-3,6H2,1H3,(H,13,14). The number of carbonyl (C=O) groups excluding carboxylic acids is 1. The monoisotopic (exact) mass is 207 g/mol. The summed E-state index contributed by atoms with van der Waals surface area (Å²) in [6.07, 6.45) is 2.09. The smallest absolute Gasteiger partial charge is 0.282 e. The number of amides is 1. The molecule has 0 aromatic heterocycles. The molecule has 3 heteroatoms. The zero-order chi connectivity index (χ0) is 10.1. The molecule has 0 bridgehead atoms. The van der Waals surface area contributed by atoms with Gasteiger partial charge in [0.15, 0.2) is 0 Å². The van der Waals surface area contributed by atoms with Gasteiger partial charge >= 0.3 is 0 Å². The van der Waals surface area contributed by atoms with Gasteiger partial charge in [-0.05, 0) is 31.4 Å². The SMILES string of the molecule is Cc1ccc2c(c1)CCCN2C(=O)S. The van der Waals surface area contributed by atoms with Gasteiger partial charge in [-0.1, -0.05) is 30.3 Å². The molecule has 2 nitrogen and oxygen atoms in total. The second-order valence-electron chi connectivity index (χ2n) is 3.67. The fraction of sp³-hybridized carbons (Fsp3) is 0.364. The second-order valence-corrected chi connectivity index (χ2v) is 4.05. The molecule has 1 amide bonds. The molecule has 1 aliphatic rings. The summed E-state index contributed by atoms with van der Waals surface area (Å²) in [5.74, 6) is 0. The Kier molecular flexibility index (Phi) is 2.50. The van der Waals surface area contributed by atoms with Crippen molar-refractivity contribution in [2.75, 3.05) is 11.4 Å². The van der Waals surface area contributed by atoms with E-state index in [1.807, 2.05) is 12.1 Å². The number of aryl methyl sites for hydroxylation is 2. The lowest BCUT2D eigenvalue weighted by Gasteiger charge is -2.28. The van der Waals surface area contributed by atoms with Gasteiger partial charge in [-0.3, -0.25) is 4.79 Å². The average molecular weight is 207 g/mol. The summed E-state index contributed by atoms with van der Waals surface area (Å²) < 4.78 is 0. The lowest BCUT2D eigenvalue weighted by atomic mass is 10.0. The van der Waals surface area contributed by atoms with E-state index in [4.69, 9.17) is 0 Å². The van der Waals surface area contributed by atoms with Gasteiger partial charge in [0.1, 0.15) is 0 Å². The Morgan fingerprint density at radius 1 is 1.50 bits per heavy atom. The largest absolute Gasteiger partial charge is 0.303 e. The van der Waals surface area contributed by atoms with Crippen molar-refractivity contribution >= 4 is 23.6 Å². The van der Waals surface area contributed by atoms with Crippen molar-refractivity contribution in [3.63, 3.8) is 0 Å². The lowest BCUT2D eigenvalue weighted by Crippen LogP contribution is -2.31. The maximum Gasteiger partial charge on any atom is 0.282 e. The topological polar surface area (TPSA) is 20.3 Å². The molecule has 1 aromatic carbocycles. The van der Waals surface area contributed by atoms with Gasteiger partial charge in [0, 0.05) is 12.2 Å². The van der Waals surface area contributed by atoms with Crippen LogP contribution in [0.25, 0.3) is 0 Å². The Hall–Kier alpha value is -0.960. The Morgan fingerprint density at radius 2 is 2.29 bits per heavy atom. The summed E-state index contributed by atoms with van der Waals surface area (Å²) in [7, 11) is 0. The Balaban J connectivity index is 2.44. The number of benzene rings is 1. The van der Waals surface area contributed by atoms with Crippen LogP contribution in [0.4, 0.5) is 10.5 Å². The van der Waals surface area contributed by atoms with Gasteiger partial charge < -0.3 is 4.90 Å². The molecule has 74 valence electrons. The molecule has 0 radical (unpaired) electrons. The molecule has 0 fully saturated rings. The molecule has 0 saturated heterocycles. The van der Waals surface area contributed by atoms with Crippen LogP contribution < -0.4 is 4.90 Å². The van der Waals surface area contributed by atoms with Crippen molar-refractivity contribution in [1.82, 2.24) is 0 Å². The first-order valence-electron chi connectivity index (χ1n) is 4.78. The lowest BCUT2D eigenvalue weighted by molar-refractivity contribution is 0.265. The third-order valence-corrected chi connectivity index (χ3v) is 2.83. The summed E-state index contributed by atoms with van der Waals surface area (Å²) in [5.41, 5.74) is 3.54. The van der Waals surface area contributed by atoms with Crippen LogP contribution >= 0.6 is 12.6 Å². The molecular weight excluding hydrogens is 194 g/mol. The highest BCUT2D eigenvalue weighted by atomic mass is 32.1. The number of anilines is 1. The van der Waals surface area contributed by atoms with Crippen molar-refractivity contribution in [1.29, 1.82) is 0 Å². The number of rotatable bonds is 0. The molecular formula is C11H13NOS. The molecule has 0 unspecified atom stereocenters. The minimum atomic E-state index is -0.158. The van der Waals surface area contributed by atoms with E-state index in [9.17, 15) is 4.79 Å². The molecule has 1 aromatic rings. The summed E-state index contributed by atoms with van der Waals surface area (Å²) in [4.78, 5) is 13.0. The number of hydrogen-bond donors (Lipinski definition) is 1. The highest BCUT2D eigenvalue weighted by Gasteiger charge is 2.19. The first-order valence-corrected chi connectivity index (χ1v) is 5.23. The van der Waals surface area contributed by atoms with Crippen LogP contribution in [0.3, 0.4) is 0 Å². The van der Waals surface area contributed by atoms with E-state index < -0.39 is 0 Å². The first kappa shape index (κ1) is 9.59. The van der Waals surface area contributed by atoms with Gasteiger partial charge in [-0.15, -0.1) is 0 Å². The van der Waals surface area contributed by atoms with Gasteiger partial charge in [0.05, 0.1) is 0 Å². The van der Waals surface area contributed by atoms with Crippen molar-refractivity contribution in [3.05, 3.63) is 29.3 Å². The first-order chi connectivity index (χ1) is 6.68. The number of carbonyl (C=O) groups is 1. The summed E-state index contributed by atoms with van der Waals surface area (Å²) >= 11 is 3.88. The predicted octanol–water partition coefficient (Wildman–Crippen LogP) is 2.80. The van der Waals surface area contributed by atoms with Crippen LogP contribution in [0, 0.1) is 6.92 Å². The Bertz CT molecular complexity index is 376. The zero-order valence-electron chi connectivity index (χ0n) is 8.16. The molecule has 0 atom stereocenters. The normalized spacial score (nSPS) is 15.1. The highest BCUT2D eigenvalue weighted by Crippen LogP contribution is 2.28. The number of hydrogen-bond acceptors (Lipinski definition) is 1. The summed E-state index contributed by atoms with van der Waals surface area (Å²) in [5, 5.41) is -0.158. The Labute approximate surface area is 89.3 Å². The molecule has 0 saturated carbocycles. The van der Waals surface area contributed by atoms with E-state index in [1.54, 1.807) is 4.90 Å². The van der Waals surface area contributed by atoms with E-state index in [-0.39, 0.29) is 5.24 Å². The fourth-order valence-corrected chi connectivity index (χ4v) is 2.13. The quantitative estimate of drug-likeness (QED) is 0.649. The van der Waals surface area contributed by atoms with Crippen molar-refractivity contribution in [2.24, 2.45) is 0 Å². The Morgan fingerprint density at radius 3 is 3.00 bits per heavy atom. The minimum absolute atomic E-state index is 0.158. The second kappa shape index (κ2) is 3.65. The molecule has 0 aliphatic carbocycles. The van der Waals surface area contributed by atoms with Gasteiger partial charge in [-0.2, -0.15) is 0 Å². The van der Waals surface area contributed by atoms with E-state index in [2.05, 4.69) is 25.6 Å². The van der Waals surface area contributed by atoms with Crippen LogP contribution in [-0.4, -0.2) is 11.8 Å². The third-order valence-electron chi connectivity index (χ3n) is 2.58. The molecule has 2 rings (SSSR count). The van der Waals surface area contributed by atoms with E-state index in [1.165, 1.54) is 11.1 Å². The molecule has 1 heterocycles. The van der Waals surface area contributed by atoms with E-state index >= 15 is 0 Å². The number of fused-ring (bicyclic) bond motifs is 1. The van der Waals surface area contributed by atoms with Gasteiger partial charge in [0.25, 0.3) is 5.24 Å². The van der Waals surface area contributed by atoms with Crippen LogP contribution in [0.2, 0.25) is 0 Å². The van der Waals surface area contributed by atoms with Crippen molar-refractivity contribution < 1.29 is 4.79 Å². The van der Waals surface area contributed by atoms with Crippen LogP contribution in [0.1, 0.15) is 17.5 Å². The van der Waals surface area contributed by atoms with Gasteiger partial charge in [0.2, 0.25) is 0 Å². The van der Waals surface area contributed by atoms with Crippen molar-refractivity contribution in [3.8, 4) is 0 Å². The molecule has 1 aliphatic heterocycles.